The third kappa shape index (κ3) is 4.32. The number of rotatable bonds is 6. The van der Waals surface area contributed by atoms with Crippen LogP contribution in [0.3, 0.4) is 0 Å². The molecule has 2 aromatic heterocycles. The minimum absolute atomic E-state index is 0.0917. The molecular formula is C21H19FN4O2S. The molecule has 6 nitrogen and oxygen atoms in total. The molecule has 1 amide bonds. The Morgan fingerprint density at radius 3 is 2.86 bits per heavy atom. The van der Waals surface area contributed by atoms with Crippen LogP contribution in [-0.2, 0) is 10.5 Å². The minimum Gasteiger partial charge on any atom is -0.361 e. The summed E-state index contributed by atoms with van der Waals surface area (Å²) >= 11 is 1.51. The molecule has 0 saturated heterocycles. The summed E-state index contributed by atoms with van der Waals surface area (Å²) in [5.74, 6) is 1.95. The van der Waals surface area contributed by atoms with E-state index in [4.69, 9.17) is 4.52 Å². The molecule has 4 rings (SSSR count). The summed E-state index contributed by atoms with van der Waals surface area (Å²) < 4.78 is 18.6. The molecule has 2 aromatic carbocycles. The number of aromatic nitrogens is 3. The van der Waals surface area contributed by atoms with Gasteiger partial charge in [-0.2, -0.15) is 0 Å². The Labute approximate surface area is 170 Å². The molecule has 2 heterocycles. The first-order valence-electron chi connectivity index (χ1n) is 9.04. The van der Waals surface area contributed by atoms with Gasteiger partial charge in [0.1, 0.15) is 17.4 Å². The van der Waals surface area contributed by atoms with Crippen molar-refractivity contribution in [3.8, 4) is 11.4 Å². The quantitative estimate of drug-likeness (QED) is 0.475. The van der Waals surface area contributed by atoms with Crippen LogP contribution >= 0.6 is 11.8 Å². The summed E-state index contributed by atoms with van der Waals surface area (Å²) in [6.45, 7) is 3.76. The van der Waals surface area contributed by atoms with Crippen molar-refractivity contribution < 1.29 is 13.7 Å². The number of thioether (sulfide) groups is 1. The smallest absolute Gasteiger partial charge is 0.234 e. The van der Waals surface area contributed by atoms with Crippen LogP contribution in [0, 0.1) is 19.7 Å². The number of imidazole rings is 1. The van der Waals surface area contributed by atoms with Gasteiger partial charge >= 0.3 is 0 Å². The average molecular weight is 410 g/mol. The monoisotopic (exact) mass is 410 g/mol. The molecule has 0 atom stereocenters. The Hall–Kier alpha value is -3.13. The third-order valence-electron chi connectivity index (χ3n) is 4.52. The van der Waals surface area contributed by atoms with Crippen molar-refractivity contribution in [1.29, 1.82) is 0 Å². The lowest BCUT2D eigenvalue weighted by molar-refractivity contribution is -0.113. The van der Waals surface area contributed by atoms with Gasteiger partial charge in [0, 0.05) is 22.6 Å². The number of aryl methyl sites for hydroxylation is 2. The van der Waals surface area contributed by atoms with Gasteiger partial charge in [0.25, 0.3) is 0 Å². The predicted molar refractivity (Wildman–Crippen MR) is 112 cm³/mol. The second-order valence-corrected chi connectivity index (χ2v) is 7.66. The number of aromatic amines is 1. The fourth-order valence-electron chi connectivity index (χ4n) is 3.01. The van der Waals surface area contributed by atoms with Crippen molar-refractivity contribution in [3.05, 3.63) is 65.3 Å². The van der Waals surface area contributed by atoms with E-state index in [9.17, 15) is 9.18 Å². The maximum atomic E-state index is 13.5. The highest BCUT2D eigenvalue weighted by Crippen LogP contribution is 2.24. The molecule has 0 aliphatic carbocycles. The number of hydrogen-bond acceptors (Lipinski definition) is 5. The second-order valence-electron chi connectivity index (χ2n) is 6.67. The van der Waals surface area contributed by atoms with Gasteiger partial charge in [0.15, 0.2) is 0 Å². The SMILES string of the molecule is Cc1noc(C)c1CSCC(=O)Nc1ccc2nc(-c3cccc(F)c3)[nH]c2c1. The molecule has 0 radical (unpaired) electrons. The second kappa shape index (κ2) is 8.08. The van der Waals surface area contributed by atoms with Crippen molar-refractivity contribution >= 4 is 34.4 Å². The number of amides is 1. The van der Waals surface area contributed by atoms with E-state index in [0.717, 1.165) is 28.1 Å². The number of anilines is 1. The van der Waals surface area contributed by atoms with Gasteiger partial charge in [0.05, 0.1) is 22.5 Å². The van der Waals surface area contributed by atoms with Crippen molar-refractivity contribution in [2.45, 2.75) is 19.6 Å². The lowest BCUT2D eigenvalue weighted by Crippen LogP contribution is -2.14. The Balaban J connectivity index is 1.41. The molecule has 0 aliphatic rings. The standard InChI is InChI=1S/C21H19FN4O2S/c1-12-17(13(2)28-26-12)10-29-11-20(27)23-16-6-7-18-19(9-16)25-21(24-18)14-4-3-5-15(22)8-14/h3-9H,10-11H2,1-2H3,(H,23,27)(H,24,25). The summed E-state index contributed by atoms with van der Waals surface area (Å²) in [5.41, 5.74) is 4.75. The van der Waals surface area contributed by atoms with E-state index in [2.05, 4.69) is 20.4 Å². The van der Waals surface area contributed by atoms with Crippen molar-refractivity contribution in [3.63, 3.8) is 0 Å². The summed E-state index contributed by atoms with van der Waals surface area (Å²) in [6.07, 6.45) is 0. The molecule has 0 bridgehead atoms. The molecule has 148 valence electrons. The Bertz CT molecular complexity index is 1170. The number of halogens is 1. The molecule has 8 heteroatoms. The highest BCUT2D eigenvalue weighted by atomic mass is 32.2. The number of carbonyl (C=O) groups is 1. The van der Waals surface area contributed by atoms with Gasteiger partial charge in [-0.15, -0.1) is 11.8 Å². The minimum atomic E-state index is -0.315. The molecule has 0 aliphatic heterocycles. The van der Waals surface area contributed by atoms with E-state index < -0.39 is 0 Å². The van der Waals surface area contributed by atoms with Gasteiger partial charge in [-0.25, -0.2) is 9.37 Å². The van der Waals surface area contributed by atoms with Crippen LogP contribution in [0.15, 0.2) is 47.0 Å². The van der Waals surface area contributed by atoms with Crippen LogP contribution < -0.4 is 5.32 Å². The van der Waals surface area contributed by atoms with Crippen LogP contribution in [0.4, 0.5) is 10.1 Å². The van der Waals surface area contributed by atoms with Crippen LogP contribution in [0.1, 0.15) is 17.0 Å². The van der Waals surface area contributed by atoms with Crippen molar-refractivity contribution in [2.24, 2.45) is 0 Å². The Morgan fingerprint density at radius 1 is 1.24 bits per heavy atom. The first-order chi connectivity index (χ1) is 14.0. The lowest BCUT2D eigenvalue weighted by Gasteiger charge is -2.05. The van der Waals surface area contributed by atoms with Crippen LogP contribution in [0.5, 0.6) is 0 Å². The van der Waals surface area contributed by atoms with Crippen LogP contribution in [0.2, 0.25) is 0 Å². The molecule has 0 saturated carbocycles. The van der Waals surface area contributed by atoms with E-state index >= 15 is 0 Å². The van der Waals surface area contributed by atoms with Gasteiger partial charge in [-0.05, 0) is 44.2 Å². The zero-order valence-electron chi connectivity index (χ0n) is 16.0. The molecule has 4 aromatic rings. The predicted octanol–water partition coefficient (Wildman–Crippen LogP) is 4.85. The first-order valence-corrected chi connectivity index (χ1v) is 10.2. The van der Waals surface area contributed by atoms with E-state index in [1.807, 2.05) is 26.0 Å². The zero-order valence-corrected chi connectivity index (χ0v) is 16.8. The Morgan fingerprint density at radius 2 is 2.10 bits per heavy atom. The maximum absolute atomic E-state index is 13.5. The Kier molecular flexibility index (Phi) is 5.35. The van der Waals surface area contributed by atoms with Gasteiger partial charge < -0.3 is 14.8 Å². The highest BCUT2D eigenvalue weighted by Gasteiger charge is 2.11. The maximum Gasteiger partial charge on any atom is 0.234 e. The fraction of sp³-hybridized carbons (Fsp3) is 0.190. The third-order valence-corrected chi connectivity index (χ3v) is 5.48. The fourth-order valence-corrected chi connectivity index (χ4v) is 3.99. The van der Waals surface area contributed by atoms with Crippen LogP contribution in [-0.4, -0.2) is 26.8 Å². The van der Waals surface area contributed by atoms with Crippen molar-refractivity contribution in [1.82, 2.24) is 15.1 Å². The molecular weight excluding hydrogens is 391 g/mol. The van der Waals surface area contributed by atoms with E-state index in [1.165, 1.54) is 23.9 Å². The normalized spacial score (nSPS) is 11.1. The van der Waals surface area contributed by atoms with Gasteiger partial charge in [0.2, 0.25) is 5.91 Å². The topological polar surface area (TPSA) is 83.8 Å². The largest absolute Gasteiger partial charge is 0.361 e. The van der Waals surface area contributed by atoms with Crippen molar-refractivity contribution in [2.75, 3.05) is 11.1 Å². The molecule has 29 heavy (non-hydrogen) atoms. The lowest BCUT2D eigenvalue weighted by atomic mass is 10.2. The average Bonchev–Trinajstić information content (AvgIpc) is 3.26. The van der Waals surface area contributed by atoms with E-state index in [1.54, 1.807) is 18.2 Å². The number of nitrogens with one attached hydrogen (secondary N) is 2. The number of hydrogen-bond donors (Lipinski definition) is 2. The number of H-pyrrole nitrogens is 1. The number of carbonyl (C=O) groups excluding carboxylic acids is 1. The van der Waals surface area contributed by atoms with Crippen LogP contribution in [0.25, 0.3) is 22.4 Å². The number of nitrogens with zero attached hydrogens (tertiary/aromatic N) is 2. The molecule has 0 spiro atoms. The molecule has 0 fully saturated rings. The first kappa shape index (κ1) is 19.2. The molecule has 0 unspecified atom stereocenters. The zero-order chi connectivity index (χ0) is 20.4. The van der Waals surface area contributed by atoms with E-state index in [-0.39, 0.29) is 11.7 Å². The van der Waals surface area contributed by atoms with E-state index in [0.29, 0.717) is 28.6 Å². The van der Waals surface area contributed by atoms with Gasteiger partial charge in [-0.3, -0.25) is 4.79 Å². The number of fused-ring (bicyclic) bond motifs is 1. The summed E-state index contributed by atoms with van der Waals surface area (Å²) in [6, 6.07) is 11.7. The number of benzene rings is 2. The highest BCUT2D eigenvalue weighted by molar-refractivity contribution is 7.99. The summed E-state index contributed by atoms with van der Waals surface area (Å²) in [5, 5.41) is 6.82. The molecule has 2 N–H and O–H groups in total. The summed E-state index contributed by atoms with van der Waals surface area (Å²) in [7, 11) is 0. The summed E-state index contributed by atoms with van der Waals surface area (Å²) in [4.78, 5) is 19.9. The van der Waals surface area contributed by atoms with Gasteiger partial charge in [-0.1, -0.05) is 17.3 Å².